The molecule has 0 amide bonds. The molecule has 2 aromatic rings. The van der Waals surface area contributed by atoms with Gasteiger partial charge in [-0.25, -0.2) is 13.1 Å². The van der Waals surface area contributed by atoms with Crippen molar-refractivity contribution in [1.29, 1.82) is 0 Å². The van der Waals surface area contributed by atoms with Gasteiger partial charge in [-0.1, -0.05) is 45.7 Å². The number of benzene rings is 1. The van der Waals surface area contributed by atoms with Crippen molar-refractivity contribution in [2.45, 2.75) is 62.8 Å². The van der Waals surface area contributed by atoms with Crippen LogP contribution in [-0.4, -0.2) is 37.5 Å². The van der Waals surface area contributed by atoms with Crippen molar-refractivity contribution in [2.75, 3.05) is 19.6 Å². The minimum Gasteiger partial charge on any atom is -0.353 e. The Morgan fingerprint density at radius 1 is 1.00 bits per heavy atom. The summed E-state index contributed by atoms with van der Waals surface area (Å²) in [6, 6.07) is 11.4. The molecule has 0 bridgehead atoms. The van der Waals surface area contributed by atoms with Crippen LogP contribution in [0.3, 0.4) is 0 Å². The Labute approximate surface area is 176 Å². The molecule has 1 saturated heterocycles. The second-order valence-corrected chi connectivity index (χ2v) is 10.9. The number of nitrogens with one attached hydrogen (secondary N) is 1. The van der Waals surface area contributed by atoms with E-state index in [1.54, 1.807) is 12.1 Å². The third-order valence-electron chi connectivity index (χ3n) is 5.90. The number of rotatable bonds is 6. The normalized spacial score (nSPS) is 17.8. The molecule has 1 atom stereocenters. The first kappa shape index (κ1) is 22.1. The third kappa shape index (κ3) is 5.50. The smallest absolute Gasteiger partial charge is 0.240 e. The maximum Gasteiger partial charge on any atom is 0.240 e. The molecule has 1 unspecified atom stereocenters. The van der Waals surface area contributed by atoms with Crippen molar-refractivity contribution in [2.24, 2.45) is 7.05 Å². The number of likely N-dealkylation sites (tertiary alicyclic amines) is 1. The van der Waals surface area contributed by atoms with Gasteiger partial charge < -0.3 is 4.57 Å². The minimum atomic E-state index is -3.56. The zero-order valence-corrected chi connectivity index (χ0v) is 19.0. The monoisotopic (exact) mass is 417 g/mol. The number of hydrogen-bond acceptors (Lipinski definition) is 3. The van der Waals surface area contributed by atoms with E-state index in [9.17, 15) is 8.42 Å². The summed E-state index contributed by atoms with van der Waals surface area (Å²) in [6.07, 6.45) is 6.87. The van der Waals surface area contributed by atoms with E-state index < -0.39 is 10.0 Å². The highest BCUT2D eigenvalue weighted by molar-refractivity contribution is 7.89. The lowest BCUT2D eigenvalue weighted by Crippen LogP contribution is -2.39. The molecule has 1 aromatic heterocycles. The molecule has 2 heterocycles. The van der Waals surface area contributed by atoms with Gasteiger partial charge in [0.15, 0.2) is 0 Å². The summed E-state index contributed by atoms with van der Waals surface area (Å²) < 4.78 is 30.9. The van der Waals surface area contributed by atoms with Crippen molar-refractivity contribution in [3.8, 4) is 0 Å². The molecule has 1 aliphatic heterocycles. The molecular formula is C23H35N3O2S. The van der Waals surface area contributed by atoms with Gasteiger partial charge in [0.05, 0.1) is 10.9 Å². The average molecular weight is 418 g/mol. The second kappa shape index (κ2) is 9.02. The van der Waals surface area contributed by atoms with Crippen molar-refractivity contribution >= 4 is 10.0 Å². The first-order valence-electron chi connectivity index (χ1n) is 10.6. The number of aryl methyl sites for hydroxylation is 1. The van der Waals surface area contributed by atoms with E-state index in [1.165, 1.54) is 25.7 Å². The highest BCUT2D eigenvalue weighted by atomic mass is 32.2. The summed E-state index contributed by atoms with van der Waals surface area (Å²) in [7, 11) is -1.53. The summed E-state index contributed by atoms with van der Waals surface area (Å²) in [4.78, 5) is 2.76. The molecule has 1 aromatic carbocycles. The Balaban J connectivity index is 1.78. The van der Waals surface area contributed by atoms with Gasteiger partial charge in [0.2, 0.25) is 10.0 Å². The third-order valence-corrected chi connectivity index (χ3v) is 7.34. The summed E-state index contributed by atoms with van der Waals surface area (Å²) >= 11 is 0. The summed E-state index contributed by atoms with van der Waals surface area (Å²) in [5.74, 6) is 0. The standard InChI is InChI=1S/C23H35N3O2S/c1-23(2,3)19-11-13-20(14-12-19)29(27,28)24-18-22(21-10-9-15-25(21)4)26-16-7-5-6-8-17-26/h9-15,22,24H,5-8,16-18H2,1-4H3. The fourth-order valence-electron chi connectivity index (χ4n) is 4.05. The quantitative estimate of drug-likeness (QED) is 0.766. The van der Waals surface area contributed by atoms with E-state index in [0.717, 1.165) is 24.3 Å². The van der Waals surface area contributed by atoms with Crippen molar-refractivity contribution in [1.82, 2.24) is 14.2 Å². The molecule has 5 nitrogen and oxygen atoms in total. The van der Waals surface area contributed by atoms with Crippen LogP contribution in [0.1, 0.15) is 63.8 Å². The molecule has 3 rings (SSSR count). The van der Waals surface area contributed by atoms with Crippen LogP contribution < -0.4 is 4.72 Å². The summed E-state index contributed by atoms with van der Waals surface area (Å²) in [6.45, 7) is 8.78. The molecule has 160 valence electrons. The van der Waals surface area contributed by atoms with Gasteiger partial charge in [0.25, 0.3) is 0 Å². The number of hydrogen-bond donors (Lipinski definition) is 1. The molecule has 0 radical (unpaired) electrons. The Bertz CT molecular complexity index is 887. The van der Waals surface area contributed by atoms with Gasteiger partial charge in [-0.3, -0.25) is 4.90 Å². The van der Waals surface area contributed by atoms with E-state index in [4.69, 9.17) is 0 Å². The number of sulfonamides is 1. The lowest BCUT2D eigenvalue weighted by molar-refractivity contribution is 0.199. The Kier molecular flexibility index (Phi) is 6.87. The van der Waals surface area contributed by atoms with Gasteiger partial charge in [0, 0.05) is 25.5 Å². The predicted molar refractivity (Wildman–Crippen MR) is 119 cm³/mol. The van der Waals surface area contributed by atoms with Crippen molar-refractivity contribution < 1.29 is 8.42 Å². The highest BCUT2D eigenvalue weighted by Gasteiger charge is 2.26. The Morgan fingerprint density at radius 2 is 1.62 bits per heavy atom. The zero-order valence-electron chi connectivity index (χ0n) is 18.2. The predicted octanol–water partition coefficient (Wildman–Crippen LogP) is 4.22. The fourth-order valence-corrected chi connectivity index (χ4v) is 5.09. The van der Waals surface area contributed by atoms with Crippen LogP contribution in [-0.2, 0) is 22.5 Å². The summed E-state index contributed by atoms with van der Waals surface area (Å²) in [5.41, 5.74) is 2.28. The van der Waals surface area contributed by atoms with E-state index in [1.807, 2.05) is 31.4 Å². The molecular weight excluding hydrogens is 382 g/mol. The van der Waals surface area contributed by atoms with Crippen LogP contribution in [0, 0.1) is 0 Å². The van der Waals surface area contributed by atoms with Crippen molar-refractivity contribution in [3.05, 3.63) is 53.9 Å². The lowest BCUT2D eigenvalue weighted by atomic mass is 9.87. The Hall–Kier alpha value is -1.63. The van der Waals surface area contributed by atoms with Crippen LogP contribution in [0.5, 0.6) is 0 Å². The number of nitrogens with zero attached hydrogens (tertiary/aromatic N) is 2. The van der Waals surface area contributed by atoms with Crippen LogP contribution in [0.4, 0.5) is 0 Å². The minimum absolute atomic E-state index is 0.000119. The SMILES string of the molecule is Cn1cccc1C(CNS(=O)(=O)c1ccc(C(C)(C)C)cc1)N1CCCCCC1. The molecule has 0 spiro atoms. The van der Waals surface area contributed by atoms with Gasteiger partial charge in [-0.05, 0) is 61.2 Å². The van der Waals surface area contributed by atoms with Gasteiger partial charge in [-0.2, -0.15) is 0 Å². The van der Waals surface area contributed by atoms with Gasteiger partial charge in [0.1, 0.15) is 0 Å². The molecule has 0 saturated carbocycles. The maximum atomic E-state index is 13.0. The lowest BCUT2D eigenvalue weighted by Gasteiger charge is -2.31. The maximum absolute atomic E-state index is 13.0. The summed E-state index contributed by atoms with van der Waals surface area (Å²) in [5, 5.41) is 0. The van der Waals surface area contributed by atoms with Gasteiger partial charge >= 0.3 is 0 Å². The molecule has 1 N–H and O–H groups in total. The van der Waals surface area contributed by atoms with Crippen LogP contribution >= 0.6 is 0 Å². The van der Waals surface area contributed by atoms with E-state index in [0.29, 0.717) is 11.4 Å². The average Bonchev–Trinajstić information content (AvgIpc) is 2.92. The first-order chi connectivity index (χ1) is 13.7. The Morgan fingerprint density at radius 3 is 2.14 bits per heavy atom. The van der Waals surface area contributed by atoms with Crippen LogP contribution in [0.25, 0.3) is 0 Å². The number of aromatic nitrogens is 1. The van der Waals surface area contributed by atoms with E-state index in [-0.39, 0.29) is 11.5 Å². The largest absolute Gasteiger partial charge is 0.353 e. The second-order valence-electron chi connectivity index (χ2n) is 9.14. The van der Waals surface area contributed by atoms with E-state index >= 15 is 0 Å². The first-order valence-corrected chi connectivity index (χ1v) is 12.1. The van der Waals surface area contributed by atoms with Gasteiger partial charge in [-0.15, -0.1) is 0 Å². The topological polar surface area (TPSA) is 54.3 Å². The fraction of sp³-hybridized carbons (Fsp3) is 0.565. The van der Waals surface area contributed by atoms with Crippen molar-refractivity contribution in [3.63, 3.8) is 0 Å². The van der Waals surface area contributed by atoms with Crippen LogP contribution in [0.15, 0.2) is 47.5 Å². The molecule has 6 heteroatoms. The van der Waals surface area contributed by atoms with E-state index in [2.05, 4.69) is 41.0 Å². The molecule has 1 fully saturated rings. The zero-order chi connectivity index (χ0) is 21.1. The molecule has 1 aliphatic rings. The highest BCUT2D eigenvalue weighted by Crippen LogP contribution is 2.26. The molecule has 29 heavy (non-hydrogen) atoms. The molecule has 0 aliphatic carbocycles. The van der Waals surface area contributed by atoms with Crippen LogP contribution in [0.2, 0.25) is 0 Å².